The maximum absolute atomic E-state index is 6.18. The molecule has 0 saturated carbocycles. The first-order valence-electron chi connectivity index (χ1n) is 6.51. The lowest BCUT2D eigenvalue weighted by molar-refractivity contribution is 0.705. The molecular weight excluding hydrogens is 254 g/mol. The molecule has 0 unspecified atom stereocenters. The van der Waals surface area contributed by atoms with Crippen molar-refractivity contribution >= 4 is 28.1 Å². The molecule has 1 aromatic carbocycles. The summed E-state index contributed by atoms with van der Waals surface area (Å²) in [5, 5.41) is 2.10. The van der Waals surface area contributed by atoms with Gasteiger partial charge in [-0.2, -0.15) is 0 Å². The molecule has 2 aromatic heterocycles. The summed E-state index contributed by atoms with van der Waals surface area (Å²) in [4.78, 5) is 5.85. The van der Waals surface area contributed by atoms with Crippen LogP contribution in [0.1, 0.15) is 18.9 Å². The molecule has 3 rings (SSSR count). The molecule has 2 N–H and O–H groups in total. The van der Waals surface area contributed by atoms with Gasteiger partial charge in [0.05, 0.1) is 21.6 Å². The van der Waals surface area contributed by atoms with Crippen LogP contribution in [0.25, 0.3) is 21.7 Å². The monoisotopic (exact) mass is 271 g/mol. The standard InChI is InChI=1S/C15H17N3S/c1-3-8-18-12-7-5-4-6-11(12)17-15(18)14-13(16)10(2)9-19-14/h4-7,9H,3,8,16H2,1-2H3. The van der Waals surface area contributed by atoms with E-state index in [0.717, 1.165) is 40.4 Å². The maximum atomic E-state index is 6.18. The van der Waals surface area contributed by atoms with E-state index in [1.807, 2.05) is 13.0 Å². The van der Waals surface area contributed by atoms with Crippen LogP contribution in [0.15, 0.2) is 29.6 Å². The fourth-order valence-corrected chi connectivity index (χ4v) is 3.30. The second kappa shape index (κ2) is 4.70. The number of rotatable bonds is 3. The van der Waals surface area contributed by atoms with Crippen LogP contribution in [0, 0.1) is 6.92 Å². The summed E-state index contributed by atoms with van der Waals surface area (Å²) in [7, 11) is 0. The van der Waals surface area contributed by atoms with Crippen molar-refractivity contribution in [3.05, 3.63) is 35.2 Å². The number of aromatic nitrogens is 2. The Kier molecular flexibility index (Phi) is 3.03. The van der Waals surface area contributed by atoms with Gasteiger partial charge in [0.2, 0.25) is 0 Å². The average molecular weight is 271 g/mol. The number of nitrogen functional groups attached to an aromatic ring is 1. The van der Waals surface area contributed by atoms with Gasteiger partial charge in [-0.3, -0.25) is 0 Å². The van der Waals surface area contributed by atoms with Gasteiger partial charge in [0, 0.05) is 6.54 Å². The van der Waals surface area contributed by atoms with E-state index in [1.54, 1.807) is 11.3 Å². The summed E-state index contributed by atoms with van der Waals surface area (Å²) >= 11 is 1.68. The van der Waals surface area contributed by atoms with Crippen molar-refractivity contribution in [3.63, 3.8) is 0 Å². The van der Waals surface area contributed by atoms with E-state index >= 15 is 0 Å². The van der Waals surface area contributed by atoms with Crippen LogP contribution in [-0.2, 0) is 6.54 Å². The van der Waals surface area contributed by atoms with Gasteiger partial charge in [0.15, 0.2) is 5.82 Å². The third-order valence-corrected chi connectivity index (χ3v) is 4.44. The third kappa shape index (κ3) is 1.92. The van der Waals surface area contributed by atoms with Crippen LogP contribution in [0.4, 0.5) is 5.69 Å². The Labute approximate surface area is 116 Å². The largest absolute Gasteiger partial charge is 0.397 e. The van der Waals surface area contributed by atoms with Crippen molar-refractivity contribution in [1.82, 2.24) is 9.55 Å². The van der Waals surface area contributed by atoms with Gasteiger partial charge in [-0.25, -0.2) is 4.98 Å². The van der Waals surface area contributed by atoms with Crippen LogP contribution < -0.4 is 5.73 Å². The molecule has 0 fully saturated rings. The Bertz CT molecular complexity index is 724. The zero-order valence-corrected chi connectivity index (χ0v) is 12.0. The molecule has 98 valence electrons. The number of benzene rings is 1. The summed E-state index contributed by atoms with van der Waals surface area (Å²) < 4.78 is 2.27. The summed E-state index contributed by atoms with van der Waals surface area (Å²) in [6.07, 6.45) is 1.08. The highest BCUT2D eigenvalue weighted by molar-refractivity contribution is 7.14. The number of para-hydroxylation sites is 2. The molecule has 0 aliphatic heterocycles. The molecule has 0 spiro atoms. The number of fused-ring (bicyclic) bond motifs is 1. The van der Waals surface area contributed by atoms with Crippen LogP contribution in [0.2, 0.25) is 0 Å². The Balaban J connectivity index is 2.28. The van der Waals surface area contributed by atoms with E-state index in [0.29, 0.717) is 0 Å². The van der Waals surface area contributed by atoms with Crippen molar-refractivity contribution in [2.75, 3.05) is 5.73 Å². The number of nitrogens with zero attached hydrogens (tertiary/aromatic N) is 2. The first-order valence-corrected chi connectivity index (χ1v) is 7.39. The Morgan fingerprint density at radius 2 is 2.11 bits per heavy atom. The predicted molar refractivity (Wildman–Crippen MR) is 82.5 cm³/mol. The average Bonchev–Trinajstić information content (AvgIpc) is 2.93. The summed E-state index contributed by atoms with van der Waals surface area (Å²) in [6, 6.07) is 8.27. The molecule has 2 heterocycles. The minimum Gasteiger partial charge on any atom is -0.397 e. The van der Waals surface area contributed by atoms with Crippen molar-refractivity contribution in [2.24, 2.45) is 0 Å². The molecule has 0 atom stereocenters. The van der Waals surface area contributed by atoms with Gasteiger partial charge in [-0.05, 0) is 36.4 Å². The topological polar surface area (TPSA) is 43.8 Å². The van der Waals surface area contributed by atoms with Gasteiger partial charge < -0.3 is 10.3 Å². The predicted octanol–water partition coefficient (Wildman–Crippen LogP) is 4.07. The number of nitrogens with two attached hydrogens (primary N) is 1. The van der Waals surface area contributed by atoms with Crippen molar-refractivity contribution in [2.45, 2.75) is 26.8 Å². The highest BCUT2D eigenvalue weighted by atomic mass is 32.1. The first-order chi connectivity index (χ1) is 9.22. The van der Waals surface area contributed by atoms with Crippen LogP contribution in [0.3, 0.4) is 0 Å². The number of hydrogen-bond donors (Lipinski definition) is 1. The van der Waals surface area contributed by atoms with E-state index in [-0.39, 0.29) is 0 Å². The SMILES string of the molecule is CCCn1c(-c2scc(C)c2N)nc2ccccc21. The summed E-state index contributed by atoms with van der Waals surface area (Å²) in [5.74, 6) is 0.999. The van der Waals surface area contributed by atoms with Crippen molar-refractivity contribution < 1.29 is 0 Å². The summed E-state index contributed by atoms with van der Waals surface area (Å²) in [6.45, 7) is 5.19. The molecule has 0 radical (unpaired) electrons. The molecular formula is C15H17N3S. The fourth-order valence-electron chi connectivity index (χ4n) is 2.33. The zero-order chi connectivity index (χ0) is 13.4. The molecule has 3 nitrogen and oxygen atoms in total. The molecule has 0 aliphatic rings. The lowest BCUT2D eigenvalue weighted by Crippen LogP contribution is -2.00. The first kappa shape index (κ1) is 12.2. The van der Waals surface area contributed by atoms with Gasteiger partial charge in [0.25, 0.3) is 0 Å². The van der Waals surface area contributed by atoms with E-state index in [9.17, 15) is 0 Å². The second-order valence-electron chi connectivity index (χ2n) is 4.74. The Hall–Kier alpha value is -1.81. The molecule has 0 bridgehead atoms. The molecule has 0 saturated heterocycles. The van der Waals surface area contributed by atoms with Crippen molar-refractivity contribution in [1.29, 1.82) is 0 Å². The number of thiophene rings is 1. The van der Waals surface area contributed by atoms with E-state index < -0.39 is 0 Å². The van der Waals surface area contributed by atoms with Crippen LogP contribution >= 0.6 is 11.3 Å². The van der Waals surface area contributed by atoms with E-state index in [2.05, 4.69) is 35.1 Å². The summed E-state index contributed by atoms with van der Waals surface area (Å²) in [5.41, 5.74) is 10.4. The van der Waals surface area contributed by atoms with E-state index in [4.69, 9.17) is 10.7 Å². The fraction of sp³-hybridized carbons (Fsp3) is 0.267. The number of aryl methyl sites for hydroxylation is 2. The molecule has 3 aromatic rings. The van der Waals surface area contributed by atoms with Crippen LogP contribution in [0.5, 0.6) is 0 Å². The van der Waals surface area contributed by atoms with Gasteiger partial charge in [-0.1, -0.05) is 19.1 Å². The highest BCUT2D eigenvalue weighted by Gasteiger charge is 2.16. The second-order valence-corrected chi connectivity index (χ2v) is 5.62. The third-order valence-electron chi connectivity index (χ3n) is 3.33. The lowest BCUT2D eigenvalue weighted by atomic mass is 10.2. The Morgan fingerprint density at radius 1 is 1.32 bits per heavy atom. The molecule has 19 heavy (non-hydrogen) atoms. The number of anilines is 1. The minimum absolute atomic E-state index is 0.859. The smallest absolute Gasteiger partial charge is 0.153 e. The van der Waals surface area contributed by atoms with Gasteiger partial charge in [-0.15, -0.1) is 11.3 Å². The van der Waals surface area contributed by atoms with Crippen molar-refractivity contribution in [3.8, 4) is 10.7 Å². The zero-order valence-electron chi connectivity index (χ0n) is 11.2. The van der Waals surface area contributed by atoms with Gasteiger partial charge >= 0.3 is 0 Å². The Morgan fingerprint density at radius 3 is 2.79 bits per heavy atom. The lowest BCUT2D eigenvalue weighted by Gasteiger charge is -2.07. The normalized spacial score (nSPS) is 11.3. The quantitative estimate of drug-likeness (QED) is 0.780. The molecule has 0 amide bonds. The van der Waals surface area contributed by atoms with E-state index in [1.165, 1.54) is 5.52 Å². The number of hydrogen-bond acceptors (Lipinski definition) is 3. The van der Waals surface area contributed by atoms with Gasteiger partial charge in [0.1, 0.15) is 0 Å². The highest BCUT2D eigenvalue weighted by Crippen LogP contribution is 2.35. The molecule has 0 aliphatic carbocycles. The van der Waals surface area contributed by atoms with Crippen LogP contribution in [-0.4, -0.2) is 9.55 Å². The number of imidazole rings is 1. The molecule has 4 heteroatoms. The minimum atomic E-state index is 0.859. The maximum Gasteiger partial charge on any atom is 0.153 e.